The van der Waals surface area contributed by atoms with Gasteiger partial charge in [-0.1, -0.05) is 18.2 Å². The zero-order valence-corrected chi connectivity index (χ0v) is 14.4. The minimum absolute atomic E-state index is 0. The summed E-state index contributed by atoms with van der Waals surface area (Å²) in [4.78, 5) is 12.7. The van der Waals surface area contributed by atoms with Crippen LogP contribution in [-0.2, 0) is 12.8 Å². The zero-order chi connectivity index (χ0) is 15.8. The number of amides is 1. The van der Waals surface area contributed by atoms with Crippen LogP contribution in [0.5, 0.6) is 0 Å². The molecule has 6 heteroatoms. The third-order valence-corrected chi connectivity index (χ3v) is 4.91. The van der Waals surface area contributed by atoms with Gasteiger partial charge in [-0.05, 0) is 50.2 Å². The van der Waals surface area contributed by atoms with Gasteiger partial charge >= 0.3 is 0 Å². The van der Waals surface area contributed by atoms with Crippen LogP contribution in [0.15, 0.2) is 30.3 Å². The molecular formula is C18H23ClN4O. The molecule has 0 aliphatic heterocycles. The highest BCUT2D eigenvalue weighted by Crippen LogP contribution is 2.33. The average molecular weight is 347 g/mol. The summed E-state index contributed by atoms with van der Waals surface area (Å²) in [5, 5.41) is 7.73. The van der Waals surface area contributed by atoms with Gasteiger partial charge in [0.1, 0.15) is 0 Å². The number of carbonyl (C=O) groups excluding carboxylic acids is 1. The van der Waals surface area contributed by atoms with Crippen LogP contribution in [0.25, 0.3) is 5.69 Å². The van der Waals surface area contributed by atoms with E-state index < -0.39 is 0 Å². The molecule has 1 heterocycles. The van der Waals surface area contributed by atoms with E-state index in [4.69, 9.17) is 5.73 Å². The molecule has 0 spiro atoms. The number of para-hydroxylation sites is 1. The zero-order valence-electron chi connectivity index (χ0n) is 13.6. The quantitative estimate of drug-likeness (QED) is 0.872. The van der Waals surface area contributed by atoms with Crippen molar-refractivity contribution < 1.29 is 4.79 Å². The smallest absolute Gasteiger partial charge is 0.272 e. The van der Waals surface area contributed by atoms with Gasteiger partial charge < -0.3 is 11.1 Å². The maximum absolute atomic E-state index is 12.7. The van der Waals surface area contributed by atoms with Crippen LogP contribution in [0.2, 0.25) is 0 Å². The van der Waals surface area contributed by atoms with Crippen molar-refractivity contribution in [1.29, 1.82) is 0 Å². The highest BCUT2D eigenvalue weighted by Gasteiger charge is 2.33. The van der Waals surface area contributed by atoms with E-state index in [0.717, 1.165) is 30.5 Å². The molecule has 1 aromatic heterocycles. The summed E-state index contributed by atoms with van der Waals surface area (Å²) in [6.07, 6.45) is 5.33. The minimum Gasteiger partial charge on any atom is -0.346 e. The molecular weight excluding hydrogens is 324 g/mol. The number of nitrogens with one attached hydrogen (secondary N) is 1. The number of halogens is 1. The molecule has 1 atom stereocenters. The predicted molar refractivity (Wildman–Crippen MR) is 95.9 cm³/mol. The fraction of sp³-hybridized carbons (Fsp3) is 0.444. The second kappa shape index (κ2) is 6.95. The summed E-state index contributed by atoms with van der Waals surface area (Å²) < 4.78 is 1.94. The molecule has 2 aromatic rings. The van der Waals surface area contributed by atoms with E-state index in [1.54, 1.807) is 0 Å². The molecule has 0 bridgehead atoms. The lowest BCUT2D eigenvalue weighted by atomic mass is 10.1. The van der Waals surface area contributed by atoms with E-state index >= 15 is 0 Å². The van der Waals surface area contributed by atoms with E-state index in [1.165, 1.54) is 18.5 Å². The second-order valence-corrected chi connectivity index (χ2v) is 6.53. The normalized spacial score (nSPS) is 17.0. The fourth-order valence-electron chi connectivity index (χ4n) is 3.51. The monoisotopic (exact) mass is 346 g/mol. The SMILES string of the molecule is Cl.NCC(NC(=O)c1nn(-c2ccccc2)c2c1CCC2)C1CC1. The molecule has 128 valence electrons. The van der Waals surface area contributed by atoms with Gasteiger partial charge in [-0.3, -0.25) is 4.79 Å². The lowest BCUT2D eigenvalue weighted by Gasteiger charge is -2.15. The summed E-state index contributed by atoms with van der Waals surface area (Å²) >= 11 is 0. The van der Waals surface area contributed by atoms with Gasteiger partial charge in [-0.2, -0.15) is 5.10 Å². The number of benzene rings is 1. The topological polar surface area (TPSA) is 72.9 Å². The fourth-order valence-corrected chi connectivity index (χ4v) is 3.51. The first-order valence-corrected chi connectivity index (χ1v) is 8.45. The standard InChI is InChI=1S/C18H22N4O.ClH/c19-11-15(12-9-10-12)20-18(23)17-14-7-4-8-16(14)22(21-17)13-5-2-1-3-6-13;/h1-3,5-6,12,15H,4,7-11,19H2,(H,20,23);1H. The number of carbonyl (C=O) groups is 1. The molecule has 0 radical (unpaired) electrons. The lowest BCUT2D eigenvalue weighted by Crippen LogP contribution is -2.42. The van der Waals surface area contributed by atoms with Gasteiger partial charge in [0.05, 0.1) is 5.69 Å². The van der Waals surface area contributed by atoms with Crippen molar-refractivity contribution in [3.8, 4) is 5.69 Å². The summed E-state index contributed by atoms with van der Waals surface area (Å²) in [6, 6.07) is 10.1. The van der Waals surface area contributed by atoms with E-state index in [9.17, 15) is 4.79 Å². The number of aromatic nitrogens is 2. The van der Waals surface area contributed by atoms with Crippen LogP contribution >= 0.6 is 12.4 Å². The summed E-state index contributed by atoms with van der Waals surface area (Å²) in [6.45, 7) is 0.498. The maximum Gasteiger partial charge on any atom is 0.272 e. The highest BCUT2D eigenvalue weighted by molar-refractivity contribution is 5.94. The van der Waals surface area contributed by atoms with Gasteiger partial charge in [0.2, 0.25) is 0 Å². The second-order valence-electron chi connectivity index (χ2n) is 6.53. The van der Waals surface area contributed by atoms with Crippen LogP contribution in [-0.4, -0.2) is 28.3 Å². The van der Waals surface area contributed by atoms with Crippen molar-refractivity contribution in [3.63, 3.8) is 0 Å². The van der Waals surface area contributed by atoms with Crippen molar-refractivity contribution in [2.24, 2.45) is 11.7 Å². The minimum atomic E-state index is -0.0693. The summed E-state index contributed by atoms with van der Waals surface area (Å²) in [5.41, 5.74) is 9.70. The average Bonchev–Trinajstić information content (AvgIpc) is 3.19. The summed E-state index contributed by atoms with van der Waals surface area (Å²) in [5.74, 6) is 0.480. The van der Waals surface area contributed by atoms with Crippen molar-refractivity contribution >= 4 is 18.3 Å². The van der Waals surface area contributed by atoms with Gasteiger partial charge in [0.25, 0.3) is 5.91 Å². The van der Waals surface area contributed by atoms with Crippen molar-refractivity contribution in [1.82, 2.24) is 15.1 Å². The number of nitrogens with zero attached hydrogens (tertiary/aromatic N) is 2. The number of rotatable bonds is 5. The largest absolute Gasteiger partial charge is 0.346 e. The number of nitrogens with two attached hydrogens (primary N) is 1. The summed E-state index contributed by atoms with van der Waals surface area (Å²) in [7, 11) is 0. The van der Waals surface area contributed by atoms with Crippen LogP contribution in [0.1, 0.15) is 41.0 Å². The molecule has 24 heavy (non-hydrogen) atoms. The predicted octanol–water partition coefficient (Wildman–Crippen LogP) is 2.25. The molecule has 1 saturated carbocycles. The third-order valence-electron chi connectivity index (χ3n) is 4.91. The molecule has 2 aliphatic carbocycles. The number of hydrogen-bond donors (Lipinski definition) is 2. The first-order chi connectivity index (χ1) is 11.3. The Morgan fingerprint density at radius 2 is 2.04 bits per heavy atom. The van der Waals surface area contributed by atoms with Gasteiger partial charge in [0.15, 0.2) is 5.69 Å². The maximum atomic E-state index is 12.7. The van der Waals surface area contributed by atoms with E-state index in [1.807, 2.05) is 35.0 Å². The Labute approximate surface area is 148 Å². The highest BCUT2D eigenvalue weighted by atomic mass is 35.5. The Hall–Kier alpha value is -1.85. The molecule has 4 rings (SSSR count). The lowest BCUT2D eigenvalue weighted by molar-refractivity contribution is 0.0927. The number of hydrogen-bond acceptors (Lipinski definition) is 3. The van der Waals surface area contributed by atoms with Crippen LogP contribution in [0.4, 0.5) is 0 Å². The molecule has 1 amide bonds. The molecule has 0 saturated heterocycles. The Morgan fingerprint density at radius 3 is 2.71 bits per heavy atom. The molecule has 5 nitrogen and oxygen atoms in total. The van der Waals surface area contributed by atoms with Gasteiger partial charge in [-0.15, -0.1) is 12.4 Å². The Morgan fingerprint density at radius 1 is 1.29 bits per heavy atom. The van der Waals surface area contributed by atoms with Crippen molar-refractivity contribution in [2.75, 3.05) is 6.54 Å². The Kier molecular flexibility index (Phi) is 4.92. The third kappa shape index (κ3) is 3.06. The molecule has 1 unspecified atom stereocenters. The molecule has 1 aromatic carbocycles. The molecule has 3 N–H and O–H groups in total. The van der Waals surface area contributed by atoms with Crippen LogP contribution < -0.4 is 11.1 Å². The molecule has 1 fully saturated rings. The first kappa shape index (κ1) is 17.0. The number of fused-ring (bicyclic) bond motifs is 1. The van der Waals surface area contributed by atoms with E-state index in [2.05, 4.69) is 10.4 Å². The van der Waals surface area contributed by atoms with E-state index in [0.29, 0.717) is 18.2 Å². The van der Waals surface area contributed by atoms with E-state index in [-0.39, 0.29) is 24.4 Å². The van der Waals surface area contributed by atoms with Crippen molar-refractivity contribution in [2.45, 2.75) is 38.1 Å². The van der Waals surface area contributed by atoms with Gasteiger partial charge in [-0.25, -0.2) is 4.68 Å². The Balaban J connectivity index is 0.00000169. The van der Waals surface area contributed by atoms with Gasteiger partial charge in [0, 0.05) is 23.8 Å². The van der Waals surface area contributed by atoms with Crippen LogP contribution in [0, 0.1) is 5.92 Å². The van der Waals surface area contributed by atoms with Crippen molar-refractivity contribution in [3.05, 3.63) is 47.3 Å². The Bertz CT molecular complexity index is 724. The first-order valence-electron chi connectivity index (χ1n) is 8.45. The molecule has 2 aliphatic rings. The van der Waals surface area contributed by atoms with Crippen LogP contribution in [0.3, 0.4) is 0 Å².